The lowest BCUT2D eigenvalue weighted by molar-refractivity contribution is 0.404. The Hall–Kier alpha value is -0.620. The summed E-state index contributed by atoms with van der Waals surface area (Å²) in [6, 6.07) is 13.8. The molecule has 5 heteroatoms. The molecule has 0 spiro atoms. The van der Waals surface area contributed by atoms with Crippen LogP contribution in [0.2, 0.25) is 0 Å². The molecule has 1 fully saturated rings. The topological polar surface area (TPSA) is 38.0 Å². The first-order valence-electron chi connectivity index (χ1n) is 8.01. The quantitative estimate of drug-likeness (QED) is 0.568. The second-order valence-electron chi connectivity index (χ2n) is 6.13. The van der Waals surface area contributed by atoms with Crippen LogP contribution in [0, 0.1) is 0 Å². The molecule has 0 aromatic heterocycles. The van der Waals surface area contributed by atoms with Crippen molar-refractivity contribution in [3.63, 3.8) is 0 Å². The number of benzene rings is 2. The van der Waals surface area contributed by atoms with Gasteiger partial charge in [0.15, 0.2) is 0 Å². The van der Waals surface area contributed by atoms with E-state index in [0.717, 1.165) is 6.42 Å². The minimum Gasteiger partial charge on any atom is -0.381 e. The lowest BCUT2D eigenvalue weighted by Gasteiger charge is -2.30. The number of halogens is 1. The summed E-state index contributed by atoms with van der Waals surface area (Å²) >= 11 is 7.36. The molecule has 2 atom stereocenters. The molecule has 2 aromatic rings. The highest BCUT2D eigenvalue weighted by Crippen LogP contribution is 2.51. The van der Waals surface area contributed by atoms with Gasteiger partial charge in [-0.3, -0.25) is 0 Å². The second-order valence-corrected chi connectivity index (χ2v) is 9.12. The zero-order valence-corrected chi connectivity index (χ0v) is 15.9. The lowest BCUT2D eigenvalue weighted by atomic mass is 9.91. The van der Waals surface area contributed by atoms with Crippen molar-refractivity contribution in [3.8, 4) is 0 Å². The molecule has 2 aliphatic rings. The Kier molecular flexibility index (Phi) is 4.63. The molecule has 4 rings (SSSR count). The summed E-state index contributed by atoms with van der Waals surface area (Å²) < 4.78 is 1.17. The van der Waals surface area contributed by atoms with E-state index in [4.69, 9.17) is 5.73 Å². The van der Waals surface area contributed by atoms with Crippen molar-refractivity contribution < 1.29 is 0 Å². The minimum atomic E-state index is 0.276. The predicted molar refractivity (Wildman–Crippen MR) is 103 cm³/mol. The van der Waals surface area contributed by atoms with E-state index in [1.165, 1.54) is 49.0 Å². The van der Waals surface area contributed by atoms with E-state index in [0.29, 0.717) is 6.04 Å². The molecule has 2 unspecified atom stereocenters. The van der Waals surface area contributed by atoms with Gasteiger partial charge in [-0.05, 0) is 59.1 Å². The van der Waals surface area contributed by atoms with E-state index in [-0.39, 0.29) is 6.04 Å². The van der Waals surface area contributed by atoms with Crippen molar-refractivity contribution in [1.29, 1.82) is 0 Å². The van der Waals surface area contributed by atoms with Gasteiger partial charge in [-0.1, -0.05) is 42.4 Å². The van der Waals surface area contributed by atoms with Gasteiger partial charge in [0, 0.05) is 41.8 Å². The molecular weight excluding hydrogens is 388 g/mol. The number of fused-ring (bicyclic) bond motifs is 2. The summed E-state index contributed by atoms with van der Waals surface area (Å²) in [6.07, 6.45) is 4.86. The van der Waals surface area contributed by atoms with Crippen LogP contribution in [0.5, 0.6) is 0 Å². The highest BCUT2D eigenvalue weighted by atomic mass is 79.9. The summed E-state index contributed by atoms with van der Waals surface area (Å²) in [4.78, 5) is 5.30. The molecule has 120 valence electrons. The minimum absolute atomic E-state index is 0.276. The number of hydrogen-bond donors (Lipinski definition) is 2. The normalized spacial score (nSPS) is 23.0. The number of nitrogens with one attached hydrogen (secondary N) is 1. The fourth-order valence-corrected chi connectivity index (χ4v) is 6.24. The van der Waals surface area contributed by atoms with E-state index in [1.54, 1.807) is 0 Å². The summed E-state index contributed by atoms with van der Waals surface area (Å²) in [5.41, 5.74) is 7.46. The first kappa shape index (κ1) is 15.9. The Labute approximate surface area is 154 Å². The van der Waals surface area contributed by atoms with Gasteiger partial charge in [0.2, 0.25) is 0 Å². The third kappa shape index (κ3) is 3.29. The number of hydrogen-bond acceptors (Lipinski definition) is 4. The first-order valence-corrected chi connectivity index (χ1v) is 10.4. The monoisotopic (exact) mass is 406 g/mol. The molecule has 0 saturated heterocycles. The van der Waals surface area contributed by atoms with Crippen molar-refractivity contribution in [3.05, 3.63) is 40.9 Å². The van der Waals surface area contributed by atoms with E-state index >= 15 is 0 Å². The predicted octanol–water partition coefficient (Wildman–Crippen LogP) is 5.75. The molecule has 1 aliphatic heterocycles. The van der Waals surface area contributed by atoms with Gasteiger partial charge in [0.05, 0.1) is 0 Å². The third-order valence-corrected chi connectivity index (χ3v) is 8.00. The summed E-state index contributed by atoms with van der Waals surface area (Å²) in [5.74, 6) is 0. The molecule has 1 aliphatic carbocycles. The Morgan fingerprint density at radius 2 is 1.87 bits per heavy atom. The van der Waals surface area contributed by atoms with Crippen LogP contribution >= 0.6 is 39.5 Å². The van der Waals surface area contributed by atoms with Crippen LogP contribution in [-0.2, 0) is 0 Å². The smallest absolute Gasteiger partial charge is 0.0412 e. The third-order valence-electron chi connectivity index (χ3n) is 4.48. The van der Waals surface area contributed by atoms with Crippen LogP contribution in [0.1, 0.15) is 25.7 Å². The van der Waals surface area contributed by atoms with Crippen LogP contribution in [0.15, 0.2) is 60.5 Å². The Bertz CT molecular complexity index is 735. The van der Waals surface area contributed by atoms with Crippen molar-refractivity contribution in [1.82, 2.24) is 0 Å². The SMILES string of the molecule is NC1CCCCC1Nc1ccc2c(c1)Sc1cccc(Br)c1S2. The average Bonchev–Trinajstić information content (AvgIpc) is 2.56. The molecule has 1 saturated carbocycles. The van der Waals surface area contributed by atoms with Crippen LogP contribution in [-0.4, -0.2) is 12.1 Å². The molecular formula is C18H19BrN2S2. The van der Waals surface area contributed by atoms with E-state index in [2.05, 4.69) is 57.6 Å². The van der Waals surface area contributed by atoms with Crippen LogP contribution < -0.4 is 11.1 Å². The zero-order chi connectivity index (χ0) is 15.8. The van der Waals surface area contributed by atoms with Gasteiger partial charge in [0.25, 0.3) is 0 Å². The standard InChI is InChI=1S/C18H19BrN2S2/c19-12-4-3-7-16-18(12)23-15-9-8-11(10-17(15)22-16)21-14-6-2-1-5-13(14)20/h3-4,7-10,13-14,21H,1-2,5-6,20H2. The number of rotatable bonds is 2. The first-order chi connectivity index (χ1) is 11.2. The van der Waals surface area contributed by atoms with Crippen molar-refractivity contribution in [2.45, 2.75) is 57.3 Å². The molecule has 0 bridgehead atoms. The van der Waals surface area contributed by atoms with Crippen molar-refractivity contribution in [2.24, 2.45) is 5.73 Å². The molecule has 0 radical (unpaired) electrons. The van der Waals surface area contributed by atoms with Gasteiger partial charge < -0.3 is 11.1 Å². The molecule has 2 nitrogen and oxygen atoms in total. The Morgan fingerprint density at radius 1 is 1.00 bits per heavy atom. The Balaban J connectivity index is 1.57. The van der Waals surface area contributed by atoms with Gasteiger partial charge >= 0.3 is 0 Å². The maximum atomic E-state index is 6.27. The zero-order valence-electron chi connectivity index (χ0n) is 12.7. The number of nitrogens with two attached hydrogens (primary N) is 1. The largest absolute Gasteiger partial charge is 0.381 e. The summed E-state index contributed by atoms with van der Waals surface area (Å²) in [6.45, 7) is 0. The van der Waals surface area contributed by atoms with Crippen LogP contribution in [0.4, 0.5) is 5.69 Å². The van der Waals surface area contributed by atoms with Gasteiger partial charge in [-0.2, -0.15) is 0 Å². The molecule has 2 aromatic carbocycles. The number of anilines is 1. The van der Waals surface area contributed by atoms with E-state index in [9.17, 15) is 0 Å². The van der Waals surface area contributed by atoms with E-state index in [1.807, 2.05) is 23.5 Å². The maximum Gasteiger partial charge on any atom is 0.0412 e. The van der Waals surface area contributed by atoms with Crippen molar-refractivity contribution in [2.75, 3.05) is 5.32 Å². The average molecular weight is 407 g/mol. The maximum absolute atomic E-state index is 6.27. The fourth-order valence-electron chi connectivity index (χ4n) is 3.21. The molecule has 1 heterocycles. The van der Waals surface area contributed by atoms with Gasteiger partial charge in [-0.15, -0.1) is 0 Å². The highest BCUT2D eigenvalue weighted by Gasteiger charge is 2.23. The summed E-state index contributed by atoms with van der Waals surface area (Å²) in [7, 11) is 0. The molecule has 0 amide bonds. The van der Waals surface area contributed by atoms with Crippen LogP contribution in [0.3, 0.4) is 0 Å². The molecule has 23 heavy (non-hydrogen) atoms. The lowest BCUT2D eigenvalue weighted by Crippen LogP contribution is -2.42. The van der Waals surface area contributed by atoms with Gasteiger partial charge in [0.1, 0.15) is 0 Å². The summed E-state index contributed by atoms with van der Waals surface area (Å²) in [5, 5.41) is 3.66. The van der Waals surface area contributed by atoms with Gasteiger partial charge in [-0.25, -0.2) is 0 Å². The van der Waals surface area contributed by atoms with E-state index < -0.39 is 0 Å². The Morgan fingerprint density at radius 3 is 2.74 bits per heavy atom. The van der Waals surface area contributed by atoms with Crippen LogP contribution in [0.25, 0.3) is 0 Å². The van der Waals surface area contributed by atoms with Crippen molar-refractivity contribution >= 4 is 45.1 Å². The fraction of sp³-hybridized carbons (Fsp3) is 0.333. The molecule has 3 N–H and O–H groups in total. The second kappa shape index (κ2) is 6.71. The highest BCUT2D eigenvalue weighted by molar-refractivity contribution is 9.10.